The second-order valence-corrected chi connectivity index (χ2v) is 3.82. The maximum absolute atomic E-state index is 11.7. The van der Waals surface area contributed by atoms with E-state index in [2.05, 4.69) is 15.0 Å². The fourth-order valence-electron chi connectivity index (χ4n) is 2.04. The molecule has 0 spiro atoms. The van der Waals surface area contributed by atoms with E-state index in [-0.39, 0.29) is 18.1 Å². The molecule has 7 heteroatoms. The fraction of sp³-hybridized carbons (Fsp3) is 0.182. The SMILES string of the molecule is CCn1c(=O)[nH]c2cc3c(N)ncnc3cc21.Cl. The van der Waals surface area contributed by atoms with Gasteiger partial charge < -0.3 is 10.7 Å². The Bertz CT molecular complexity index is 776. The molecular formula is C11H12ClN5O. The van der Waals surface area contributed by atoms with Gasteiger partial charge in [-0.2, -0.15) is 0 Å². The Balaban J connectivity index is 0.00000120. The highest BCUT2D eigenvalue weighted by atomic mass is 35.5. The van der Waals surface area contributed by atoms with E-state index in [1.807, 2.05) is 19.1 Å². The summed E-state index contributed by atoms with van der Waals surface area (Å²) >= 11 is 0. The minimum Gasteiger partial charge on any atom is -0.383 e. The van der Waals surface area contributed by atoms with Gasteiger partial charge in [0.05, 0.1) is 16.6 Å². The van der Waals surface area contributed by atoms with Crippen LogP contribution < -0.4 is 11.4 Å². The molecule has 0 saturated heterocycles. The summed E-state index contributed by atoms with van der Waals surface area (Å²) in [6, 6.07) is 3.66. The lowest BCUT2D eigenvalue weighted by Gasteiger charge is -2.02. The largest absolute Gasteiger partial charge is 0.383 e. The molecule has 2 heterocycles. The number of nitrogens with one attached hydrogen (secondary N) is 1. The van der Waals surface area contributed by atoms with Crippen molar-refractivity contribution in [3.63, 3.8) is 0 Å². The number of rotatable bonds is 1. The van der Waals surface area contributed by atoms with Gasteiger partial charge in [-0.05, 0) is 19.1 Å². The second kappa shape index (κ2) is 4.30. The van der Waals surface area contributed by atoms with Crippen LogP contribution >= 0.6 is 12.4 Å². The lowest BCUT2D eigenvalue weighted by molar-refractivity contribution is 0.753. The van der Waals surface area contributed by atoms with Crippen LogP contribution in [-0.4, -0.2) is 19.5 Å². The highest BCUT2D eigenvalue weighted by Gasteiger charge is 2.08. The highest BCUT2D eigenvalue weighted by Crippen LogP contribution is 2.22. The third kappa shape index (κ3) is 1.62. The molecule has 3 rings (SSSR count). The van der Waals surface area contributed by atoms with Crippen molar-refractivity contribution in [2.45, 2.75) is 13.5 Å². The number of hydrogen-bond acceptors (Lipinski definition) is 4. The summed E-state index contributed by atoms with van der Waals surface area (Å²) in [6.45, 7) is 2.54. The first-order chi connectivity index (χ1) is 8.20. The first-order valence-electron chi connectivity index (χ1n) is 5.33. The van der Waals surface area contributed by atoms with Crippen molar-refractivity contribution in [3.05, 3.63) is 28.9 Å². The Hall–Kier alpha value is -2.08. The molecule has 0 radical (unpaired) electrons. The average molecular weight is 266 g/mol. The summed E-state index contributed by atoms with van der Waals surface area (Å²) in [5.41, 5.74) is 7.99. The van der Waals surface area contributed by atoms with Crippen molar-refractivity contribution < 1.29 is 0 Å². The normalized spacial score (nSPS) is 10.7. The molecule has 0 fully saturated rings. The summed E-state index contributed by atoms with van der Waals surface area (Å²) in [5, 5.41) is 0.754. The van der Waals surface area contributed by atoms with Crippen molar-refractivity contribution in [1.29, 1.82) is 0 Å². The van der Waals surface area contributed by atoms with Gasteiger partial charge in [0.15, 0.2) is 0 Å². The number of nitrogens with zero attached hydrogens (tertiary/aromatic N) is 3. The van der Waals surface area contributed by atoms with Crippen LogP contribution in [0.15, 0.2) is 23.3 Å². The van der Waals surface area contributed by atoms with E-state index >= 15 is 0 Å². The summed E-state index contributed by atoms with van der Waals surface area (Å²) in [4.78, 5) is 22.6. The van der Waals surface area contributed by atoms with Crippen LogP contribution in [0.5, 0.6) is 0 Å². The van der Waals surface area contributed by atoms with Crippen LogP contribution in [0.2, 0.25) is 0 Å². The third-order valence-corrected chi connectivity index (χ3v) is 2.88. The number of aryl methyl sites for hydroxylation is 1. The van der Waals surface area contributed by atoms with Crippen LogP contribution in [0.25, 0.3) is 21.9 Å². The van der Waals surface area contributed by atoms with Gasteiger partial charge in [-0.25, -0.2) is 14.8 Å². The predicted molar refractivity (Wildman–Crippen MR) is 73.0 cm³/mol. The van der Waals surface area contributed by atoms with Gasteiger partial charge in [-0.15, -0.1) is 12.4 Å². The van der Waals surface area contributed by atoms with Gasteiger partial charge in [0.2, 0.25) is 0 Å². The Kier molecular flexibility index (Phi) is 2.96. The number of H-pyrrole nitrogens is 1. The Morgan fingerprint density at radius 1 is 1.39 bits per heavy atom. The highest BCUT2D eigenvalue weighted by molar-refractivity contribution is 5.97. The van der Waals surface area contributed by atoms with Crippen LogP contribution in [-0.2, 0) is 6.54 Å². The van der Waals surface area contributed by atoms with Gasteiger partial charge >= 0.3 is 5.69 Å². The van der Waals surface area contributed by atoms with E-state index in [1.54, 1.807) is 4.57 Å². The molecule has 2 aromatic heterocycles. The van der Waals surface area contributed by atoms with Gasteiger partial charge in [0, 0.05) is 11.9 Å². The van der Waals surface area contributed by atoms with Crippen molar-refractivity contribution in [2.75, 3.05) is 5.73 Å². The minimum absolute atomic E-state index is 0. The van der Waals surface area contributed by atoms with Crippen LogP contribution in [0, 0.1) is 0 Å². The molecule has 94 valence electrons. The monoisotopic (exact) mass is 265 g/mol. The smallest absolute Gasteiger partial charge is 0.326 e. The summed E-state index contributed by atoms with van der Waals surface area (Å²) in [5.74, 6) is 0.419. The number of hydrogen-bond donors (Lipinski definition) is 2. The molecule has 0 aliphatic heterocycles. The summed E-state index contributed by atoms with van der Waals surface area (Å²) < 4.78 is 1.66. The molecule has 0 aliphatic carbocycles. The predicted octanol–water partition coefficient (Wildman–Crippen LogP) is 1.30. The number of fused-ring (bicyclic) bond motifs is 2. The van der Waals surface area contributed by atoms with Gasteiger partial charge in [0.25, 0.3) is 0 Å². The van der Waals surface area contributed by atoms with E-state index in [0.29, 0.717) is 12.4 Å². The lowest BCUT2D eigenvalue weighted by Crippen LogP contribution is -2.14. The Morgan fingerprint density at radius 2 is 2.17 bits per heavy atom. The number of aromatic amines is 1. The molecule has 0 aliphatic rings. The van der Waals surface area contributed by atoms with Crippen molar-refractivity contribution in [3.8, 4) is 0 Å². The summed E-state index contributed by atoms with van der Waals surface area (Å²) in [7, 11) is 0. The Morgan fingerprint density at radius 3 is 2.89 bits per heavy atom. The maximum atomic E-state index is 11.7. The zero-order valence-electron chi connectivity index (χ0n) is 9.67. The van der Waals surface area contributed by atoms with E-state index in [1.165, 1.54) is 6.33 Å². The van der Waals surface area contributed by atoms with Crippen LogP contribution in [0.1, 0.15) is 6.92 Å². The molecule has 0 saturated carbocycles. The van der Waals surface area contributed by atoms with Gasteiger partial charge in [-0.1, -0.05) is 0 Å². The second-order valence-electron chi connectivity index (χ2n) is 3.82. The molecule has 0 bridgehead atoms. The molecule has 18 heavy (non-hydrogen) atoms. The molecule has 0 unspecified atom stereocenters. The van der Waals surface area contributed by atoms with E-state index in [0.717, 1.165) is 21.9 Å². The molecule has 6 nitrogen and oxygen atoms in total. The van der Waals surface area contributed by atoms with Gasteiger partial charge in [0.1, 0.15) is 12.1 Å². The first kappa shape index (κ1) is 12.4. The number of aromatic nitrogens is 4. The number of nitrogen functional groups attached to an aromatic ring is 1. The average Bonchev–Trinajstić information content (AvgIpc) is 2.62. The zero-order valence-corrected chi connectivity index (χ0v) is 10.5. The van der Waals surface area contributed by atoms with Crippen molar-refractivity contribution in [1.82, 2.24) is 19.5 Å². The molecule has 3 N–H and O–H groups in total. The van der Waals surface area contributed by atoms with E-state index < -0.39 is 0 Å². The number of benzene rings is 1. The molecular weight excluding hydrogens is 254 g/mol. The number of nitrogens with two attached hydrogens (primary N) is 1. The van der Waals surface area contributed by atoms with Crippen molar-refractivity contribution >= 4 is 40.2 Å². The topological polar surface area (TPSA) is 89.6 Å². The summed E-state index contributed by atoms with van der Waals surface area (Å²) in [6.07, 6.45) is 1.42. The zero-order chi connectivity index (χ0) is 12.0. The number of anilines is 1. The Labute approximate surface area is 108 Å². The molecule has 1 aromatic carbocycles. The standard InChI is InChI=1S/C11H11N5O.ClH/c1-2-16-9-4-7-6(10(12)14-5-13-7)3-8(9)15-11(16)17;/h3-5H,2H2,1H3,(H,15,17)(H2,12,13,14);1H. The number of imidazole rings is 1. The number of halogens is 1. The first-order valence-corrected chi connectivity index (χ1v) is 5.33. The van der Waals surface area contributed by atoms with Gasteiger partial charge in [-0.3, -0.25) is 4.57 Å². The quantitative estimate of drug-likeness (QED) is 0.694. The van der Waals surface area contributed by atoms with E-state index in [9.17, 15) is 4.79 Å². The molecule has 0 atom stereocenters. The van der Waals surface area contributed by atoms with Crippen LogP contribution in [0.3, 0.4) is 0 Å². The van der Waals surface area contributed by atoms with Crippen molar-refractivity contribution in [2.24, 2.45) is 0 Å². The minimum atomic E-state index is -0.121. The molecule has 0 amide bonds. The lowest BCUT2D eigenvalue weighted by atomic mass is 10.2. The molecule has 3 aromatic rings. The van der Waals surface area contributed by atoms with Crippen LogP contribution in [0.4, 0.5) is 5.82 Å². The maximum Gasteiger partial charge on any atom is 0.326 e. The van der Waals surface area contributed by atoms with E-state index in [4.69, 9.17) is 5.73 Å². The third-order valence-electron chi connectivity index (χ3n) is 2.88. The fourth-order valence-corrected chi connectivity index (χ4v) is 2.04.